The van der Waals surface area contributed by atoms with E-state index < -0.39 is 0 Å². The summed E-state index contributed by atoms with van der Waals surface area (Å²) < 4.78 is 0. The van der Waals surface area contributed by atoms with Gasteiger partial charge in [-0.2, -0.15) is 0 Å². The molecule has 6 rings (SSSR count). The fraction of sp³-hybridized carbons (Fsp3) is 1.00. The molecule has 6 fully saturated rings. The molecule has 3 nitrogen and oxygen atoms in total. The molecule has 2 N–H and O–H groups in total. The summed E-state index contributed by atoms with van der Waals surface area (Å²) >= 11 is 0. The Hall–Kier alpha value is -0.120. The molecule has 30 heavy (non-hydrogen) atoms. The molecule has 3 heteroatoms. The molecule has 170 valence electrons. The number of hydrogen-bond donors (Lipinski definition) is 2. The molecule has 0 aromatic heterocycles. The van der Waals surface area contributed by atoms with Gasteiger partial charge in [-0.05, 0) is 116 Å². The van der Waals surface area contributed by atoms with Gasteiger partial charge in [0.2, 0.25) is 0 Å². The second kappa shape index (κ2) is 7.19. The van der Waals surface area contributed by atoms with E-state index in [1.165, 1.54) is 45.2 Å². The first-order valence-electron chi connectivity index (χ1n) is 13.5. The molecule has 6 aliphatic rings. The number of hydrogen-bond acceptors (Lipinski definition) is 3. The molecule has 0 radical (unpaired) electrons. The van der Waals surface area contributed by atoms with Crippen LogP contribution in [0, 0.1) is 58.7 Å². The van der Waals surface area contributed by atoms with Crippen molar-refractivity contribution in [1.82, 2.24) is 4.90 Å². The molecule has 2 aliphatic heterocycles. The highest BCUT2D eigenvalue weighted by atomic mass is 16.3. The molecule has 4 saturated carbocycles. The Bertz CT molecular complexity index is 665. The Labute approximate surface area is 184 Å². The minimum atomic E-state index is -0.181. The summed E-state index contributed by atoms with van der Waals surface area (Å²) in [6, 6.07) is 0.853. The summed E-state index contributed by atoms with van der Waals surface area (Å²) in [7, 11) is 0. The van der Waals surface area contributed by atoms with E-state index in [1.807, 2.05) is 0 Å². The highest BCUT2D eigenvalue weighted by Gasteiger charge is 2.62. The Morgan fingerprint density at radius 1 is 0.733 bits per heavy atom. The molecule has 0 bridgehead atoms. The van der Waals surface area contributed by atoms with Crippen LogP contribution < -0.4 is 0 Å². The van der Waals surface area contributed by atoms with Gasteiger partial charge in [-0.25, -0.2) is 0 Å². The van der Waals surface area contributed by atoms with Crippen molar-refractivity contribution in [2.75, 3.05) is 13.1 Å². The highest BCUT2D eigenvalue weighted by Crippen LogP contribution is 2.67. The summed E-state index contributed by atoms with van der Waals surface area (Å²) in [6.07, 6.45) is 10.7. The van der Waals surface area contributed by atoms with Gasteiger partial charge in [-0.1, -0.05) is 20.8 Å². The van der Waals surface area contributed by atoms with Gasteiger partial charge in [-0.3, -0.25) is 4.90 Å². The smallest absolute Gasteiger partial charge is 0.0577 e. The maximum absolute atomic E-state index is 11.2. The quantitative estimate of drug-likeness (QED) is 0.609. The van der Waals surface area contributed by atoms with E-state index in [0.29, 0.717) is 5.92 Å². The van der Waals surface area contributed by atoms with E-state index >= 15 is 0 Å². The third kappa shape index (κ3) is 2.86. The number of nitrogens with zero attached hydrogens (tertiary/aromatic N) is 1. The van der Waals surface area contributed by atoms with Crippen molar-refractivity contribution in [3.05, 3.63) is 0 Å². The molecule has 2 heterocycles. The number of piperidine rings is 2. The summed E-state index contributed by atoms with van der Waals surface area (Å²) in [4.78, 5) is 2.92. The van der Waals surface area contributed by atoms with E-state index in [2.05, 4.69) is 25.7 Å². The topological polar surface area (TPSA) is 43.7 Å². The first-order chi connectivity index (χ1) is 14.4. The van der Waals surface area contributed by atoms with E-state index in [4.69, 9.17) is 0 Å². The van der Waals surface area contributed by atoms with Crippen molar-refractivity contribution in [3.63, 3.8) is 0 Å². The van der Waals surface area contributed by atoms with E-state index in [-0.39, 0.29) is 17.6 Å². The van der Waals surface area contributed by atoms with Crippen LogP contribution in [-0.4, -0.2) is 46.5 Å². The molecule has 4 aliphatic carbocycles. The third-order valence-electron chi connectivity index (χ3n) is 12.0. The van der Waals surface area contributed by atoms with Crippen LogP contribution in [0.4, 0.5) is 0 Å². The Morgan fingerprint density at radius 2 is 1.53 bits per heavy atom. The molecular formula is C27H45NO2. The molecule has 13 unspecified atom stereocenters. The predicted molar refractivity (Wildman–Crippen MR) is 120 cm³/mol. The minimum Gasteiger partial charge on any atom is -0.393 e. The lowest BCUT2D eigenvalue weighted by molar-refractivity contribution is -0.130. The van der Waals surface area contributed by atoms with E-state index in [1.54, 1.807) is 0 Å². The first-order valence-corrected chi connectivity index (χ1v) is 13.5. The fourth-order valence-corrected chi connectivity index (χ4v) is 10.6. The van der Waals surface area contributed by atoms with Crippen LogP contribution in [0.1, 0.15) is 78.6 Å². The molecular weight excluding hydrogens is 370 g/mol. The molecule has 0 aromatic rings. The van der Waals surface area contributed by atoms with Gasteiger partial charge < -0.3 is 10.2 Å². The van der Waals surface area contributed by atoms with Crippen LogP contribution in [0.2, 0.25) is 0 Å². The molecule has 13 atom stereocenters. The highest BCUT2D eigenvalue weighted by molar-refractivity contribution is 5.12. The number of fused-ring (bicyclic) bond motifs is 8. The normalized spacial score (nSPS) is 60.7. The van der Waals surface area contributed by atoms with Crippen molar-refractivity contribution in [2.24, 2.45) is 58.7 Å². The third-order valence-corrected chi connectivity index (χ3v) is 12.0. The minimum absolute atomic E-state index is 0.180. The fourth-order valence-electron chi connectivity index (χ4n) is 10.6. The number of rotatable bonds is 0. The van der Waals surface area contributed by atoms with E-state index in [0.717, 1.165) is 79.1 Å². The van der Waals surface area contributed by atoms with Gasteiger partial charge in [0.05, 0.1) is 12.2 Å². The molecule has 0 amide bonds. The average Bonchev–Trinajstić information content (AvgIpc) is 3.09. The number of aliphatic hydroxyl groups is 2. The predicted octanol–water partition coefficient (Wildman–Crippen LogP) is 4.56. The van der Waals surface area contributed by atoms with Crippen LogP contribution in [-0.2, 0) is 0 Å². The van der Waals surface area contributed by atoms with Crippen LogP contribution in [0.25, 0.3) is 0 Å². The van der Waals surface area contributed by atoms with Crippen LogP contribution in [0.3, 0.4) is 0 Å². The summed E-state index contributed by atoms with van der Waals surface area (Å²) in [5.74, 6) is 7.22. The maximum atomic E-state index is 11.2. The summed E-state index contributed by atoms with van der Waals surface area (Å²) in [6.45, 7) is 10.3. The lowest BCUT2D eigenvalue weighted by atomic mass is 9.51. The number of aliphatic hydroxyl groups excluding tert-OH is 2. The monoisotopic (exact) mass is 415 g/mol. The second-order valence-corrected chi connectivity index (χ2v) is 13.1. The maximum Gasteiger partial charge on any atom is 0.0577 e. The van der Waals surface area contributed by atoms with Crippen molar-refractivity contribution in [1.29, 1.82) is 0 Å². The zero-order chi connectivity index (χ0) is 20.8. The van der Waals surface area contributed by atoms with Crippen molar-refractivity contribution >= 4 is 0 Å². The Morgan fingerprint density at radius 3 is 2.37 bits per heavy atom. The molecule has 0 aromatic carbocycles. The molecule has 0 spiro atoms. The van der Waals surface area contributed by atoms with Gasteiger partial charge in [0, 0.05) is 19.1 Å². The Balaban J connectivity index is 1.28. The lowest BCUT2D eigenvalue weighted by Crippen LogP contribution is -2.58. The lowest BCUT2D eigenvalue weighted by Gasteiger charge is -2.56. The van der Waals surface area contributed by atoms with Crippen molar-refractivity contribution in [2.45, 2.75) is 96.8 Å². The van der Waals surface area contributed by atoms with Gasteiger partial charge in [0.1, 0.15) is 0 Å². The van der Waals surface area contributed by atoms with Gasteiger partial charge in [-0.15, -0.1) is 0 Å². The van der Waals surface area contributed by atoms with E-state index in [9.17, 15) is 10.2 Å². The van der Waals surface area contributed by atoms with Gasteiger partial charge in [0.15, 0.2) is 0 Å². The summed E-state index contributed by atoms with van der Waals surface area (Å²) in [5.41, 5.74) is 0.261. The zero-order valence-electron chi connectivity index (χ0n) is 19.5. The van der Waals surface area contributed by atoms with Crippen molar-refractivity contribution < 1.29 is 10.2 Å². The standard InChI is InChI=1S/C27H45NO2/c1-15-4-7-25-16(2)18-5-6-19-20(22(18)14-28(25)13-15)11-23-21(19)12-26(30)24-10-17(29)8-9-27(23,24)3/h15-26,29-30H,4-14H2,1-3H3. The average molecular weight is 416 g/mol. The van der Waals surface area contributed by atoms with Gasteiger partial charge in [0.25, 0.3) is 0 Å². The zero-order valence-corrected chi connectivity index (χ0v) is 19.5. The van der Waals surface area contributed by atoms with Crippen LogP contribution in [0.15, 0.2) is 0 Å². The largest absolute Gasteiger partial charge is 0.393 e. The first kappa shape index (κ1) is 20.5. The summed E-state index contributed by atoms with van der Waals surface area (Å²) in [5, 5.41) is 21.5. The van der Waals surface area contributed by atoms with Gasteiger partial charge >= 0.3 is 0 Å². The molecule has 2 saturated heterocycles. The van der Waals surface area contributed by atoms with Crippen molar-refractivity contribution in [3.8, 4) is 0 Å². The Kier molecular flexibility index (Phi) is 4.91. The van der Waals surface area contributed by atoms with Crippen LogP contribution in [0.5, 0.6) is 0 Å². The van der Waals surface area contributed by atoms with Crippen LogP contribution >= 0.6 is 0 Å². The SMILES string of the molecule is CC1CCC2C(C)C3CCC4C(CC5C4CC(O)C4CC(O)CCC45C)C3CN2C1. The second-order valence-electron chi connectivity index (χ2n) is 13.1.